The van der Waals surface area contributed by atoms with Crippen molar-refractivity contribution in [1.82, 2.24) is 25.0 Å². The number of carbonyl (C=O) groups is 6. The summed E-state index contributed by atoms with van der Waals surface area (Å²) < 4.78 is 53.3. The molecule has 0 bridgehead atoms. The first-order valence-corrected chi connectivity index (χ1v) is 23.6. The number of aromatic nitrogens is 1. The molecule has 1 aliphatic heterocycles. The first-order valence-electron chi connectivity index (χ1n) is 22.5. The Balaban J connectivity index is 1.16. The molecule has 2 heterocycles. The van der Waals surface area contributed by atoms with Gasteiger partial charge in [-0.05, 0) is 48.2 Å². The van der Waals surface area contributed by atoms with Gasteiger partial charge in [-0.25, -0.2) is 13.6 Å². The fraction of sp³-hybridized carbons (Fsp3) is 0.500. The molecule has 0 radical (unpaired) electrons. The lowest BCUT2D eigenvalue weighted by molar-refractivity contribution is -0.141. The van der Waals surface area contributed by atoms with Crippen LogP contribution in [0, 0.1) is 17.0 Å². The van der Waals surface area contributed by atoms with Crippen LogP contribution in [-0.4, -0.2) is 152 Å². The van der Waals surface area contributed by atoms with Gasteiger partial charge in [0.1, 0.15) is 17.7 Å². The Morgan fingerprint density at radius 2 is 1.47 bits per heavy atom. The molecule has 0 saturated carbocycles. The summed E-state index contributed by atoms with van der Waals surface area (Å²) in [6, 6.07) is 12.9. The predicted molar refractivity (Wildman–Crippen MR) is 251 cm³/mol. The molecule has 5 N–H and O–H groups in total. The number of amides is 5. The summed E-state index contributed by atoms with van der Waals surface area (Å²) in [6.45, 7) is 9.17. The minimum Gasteiger partial charge on any atom is -0.480 e. The highest BCUT2D eigenvalue weighted by atomic mass is 32.2. The summed E-state index contributed by atoms with van der Waals surface area (Å²) in [6.07, 6.45) is 4.49. The number of benzene rings is 2. The Hall–Kier alpha value is -5.51. The van der Waals surface area contributed by atoms with E-state index in [0.29, 0.717) is 57.2 Å². The summed E-state index contributed by atoms with van der Waals surface area (Å²) in [4.78, 5) is 76.7. The van der Waals surface area contributed by atoms with Crippen LogP contribution in [0.25, 0.3) is 11.1 Å². The summed E-state index contributed by atoms with van der Waals surface area (Å²) >= 11 is 1.08. The zero-order valence-electron chi connectivity index (χ0n) is 38.9. The van der Waals surface area contributed by atoms with Gasteiger partial charge in [0.15, 0.2) is 0 Å². The van der Waals surface area contributed by atoms with Crippen LogP contribution in [0.5, 0.6) is 0 Å². The van der Waals surface area contributed by atoms with E-state index in [1.54, 1.807) is 17.2 Å². The smallest absolute Gasteiger partial charge is 0.327 e. The highest BCUT2D eigenvalue weighted by molar-refractivity contribution is 8.00. The Labute approximate surface area is 400 Å². The molecule has 20 heteroatoms. The van der Waals surface area contributed by atoms with Gasteiger partial charge in [0.25, 0.3) is 11.8 Å². The molecular formula is C48H64F2N6O11S. The third kappa shape index (κ3) is 18.5. The SMILES string of the molecule is CC(C)(C)[C@H](c1cc(-c2cc(F)ccc2F)cn1Cc1ccccc1)N(CCCN)C(=O)CSC[C@@H](NC(=O)CCOCCOCCOCCOCCNC(=O)CCN1C(=O)C=CC1=O)C(=O)O. The van der Waals surface area contributed by atoms with E-state index in [1.165, 1.54) is 12.2 Å². The van der Waals surface area contributed by atoms with Crippen molar-refractivity contribution in [2.24, 2.45) is 11.1 Å². The van der Waals surface area contributed by atoms with Crippen molar-refractivity contribution in [3.63, 3.8) is 0 Å². The molecule has 68 heavy (non-hydrogen) atoms. The number of imide groups is 1. The monoisotopic (exact) mass is 970 g/mol. The number of nitrogens with one attached hydrogen (secondary N) is 2. The molecule has 4 rings (SSSR count). The van der Waals surface area contributed by atoms with E-state index in [0.717, 1.165) is 40.4 Å². The third-order valence-electron chi connectivity index (χ3n) is 10.5. The molecule has 0 saturated heterocycles. The molecule has 0 aliphatic carbocycles. The van der Waals surface area contributed by atoms with Gasteiger partial charge in [0.2, 0.25) is 17.7 Å². The zero-order valence-corrected chi connectivity index (χ0v) is 39.7. The second-order valence-electron chi connectivity index (χ2n) is 16.8. The number of ether oxygens (including phenoxy) is 4. The van der Waals surface area contributed by atoms with Crippen molar-refractivity contribution in [3.8, 4) is 11.1 Å². The molecular weight excluding hydrogens is 907 g/mol. The minimum absolute atomic E-state index is 0.00342. The van der Waals surface area contributed by atoms with Gasteiger partial charge in [0, 0.05) is 79.9 Å². The largest absolute Gasteiger partial charge is 0.480 e. The number of carboxylic acid groups (broad SMARTS) is 1. The third-order valence-corrected chi connectivity index (χ3v) is 11.5. The van der Waals surface area contributed by atoms with Gasteiger partial charge in [-0.15, -0.1) is 11.8 Å². The van der Waals surface area contributed by atoms with Crippen LogP contribution >= 0.6 is 11.8 Å². The highest BCUT2D eigenvalue weighted by Gasteiger charge is 2.37. The first-order chi connectivity index (χ1) is 32.6. The number of thioether (sulfide) groups is 1. The second-order valence-corrected chi connectivity index (χ2v) is 17.9. The fourth-order valence-electron chi connectivity index (χ4n) is 7.20. The summed E-state index contributed by atoms with van der Waals surface area (Å²) in [5.41, 5.74) is 7.58. The number of hydrogen-bond acceptors (Lipinski definition) is 12. The Kier molecular flexibility index (Phi) is 23.3. The van der Waals surface area contributed by atoms with E-state index in [9.17, 15) is 38.3 Å². The molecule has 2 aromatic carbocycles. The number of nitrogens with two attached hydrogens (primary N) is 1. The van der Waals surface area contributed by atoms with Crippen LogP contribution in [-0.2, 0) is 54.3 Å². The average Bonchev–Trinajstić information content (AvgIpc) is 3.85. The van der Waals surface area contributed by atoms with Gasteiger partial charge in [-0.2, -0.15) is 0 Å². The van der Waals surface area contributed by atoms with Gasteiger partial charge in [-0.3, -0.25) is 28.9 Å². The normalized spacial score (nSPS) is 13.5. The molecule has 1 aliphatic rings. The van der Waals surface area contributed by atoms with E-state index in [4.69, 9.17) is 24.7 Å². The van der Waals surface area contributed by atoms with E-state index in [2.05, 4.69) is 10.6 Å². The number of hydrogen-bond donors (Lipinski definition) is 4. The Morgan fingerprint density at radius 3 is 2.09 bits per heavy atom. The topological polar surface area (TPSA) is 221 Å². The van der Waals surface area contributed by atoms with Crippen LogP contribution in [0.15, 0.2) is 72.9 Å². The highest BCUT2D eigenvalue weighted by Crippen LogP contribution is 2.41. The lowest BCUT2D eigenvalue weighted by Crippen LogP contribution is -2.45. The quantitative estimate of drug-likeness (QED) is 0.0516. The molecule has 1 aromatic heterocycles. The van der Waals surface area contributed by atoms with Gasteiger partial charge >= 0.3 is 5.97 Å². The number of carbonyl (C=O) groups excluding carboxylic acids is 5. The summed E-state index contributed by atoms with van der Waals surface area (Å²) in [5.74, 6) is -4.58. The lowest BCUT2D eigenvalue weighted by Gasteiger charge is -2.41. The minimum atomic E-state index is -1.27. The summed E-state index contributed by atoms with van der Waals surface area (Å²) in [5, 5.41) is 15.1. The number of rotatable bonds is 32. The Bertz CT molecular complexity index is 2130. The average molecular weight is 971 g/mol. The number of nitrogens with zero attached hydrogens (tertiary/aromatic N) is 3. The fourth-order valence-corrected chi connectivity index (χ4v) is 8.12. The van der Waals surface area contributed by atoms with Crippen LogP contribution in [0.2, 0.25) is 0 Å². The molecule has 2 atom stereocenters. The van der Waals surface area contributed by atoms with E-state index >= 15 is 4.39 Å². The Morgan fingerprint density at radius 1 is 0.838 bits per heavy atom. The maximum Gasteiger partial charge on any atom is 0.327 e. The van der Waals surface area contributed by atoms with Crippen molar-refractivity contribution < 1.29 is 61.6 Å². The zero-order chi connectivity index (χ0) is 49.5. The van der Waals surface area contributed by atoms with Crippen LogP contribution < -0.4 is 16.4 Å². The van der Waals surface area contributed by atoms with Crippen LogP contribution in [0.3, 0.4) is 0 Å². The van der Waals surface area contributed by atoms with Gasteiger partial charge in [-0.1, -0.05) is 51.1 Å². The lowest BCUT2D eigenvalue weighted by atomic mass is 9.83. The predicted octanol–water partition coefficient (Wildman–Crippen LogP) is 3.94. The molecule has 372 valence electrons. The van der Waals surface area contributed by atoms with Crippen molar-refractivity contribution in [2.45, 2.75) is 58.7 Å². The van der Waals surface area contributed by atoms with Crippen molar-refractivity contribution in [1.29, 1.82) is 0 Å². The van der Waals surface area contributed by atoms with E-state index in [-0.39, 0.29) is 87.8 Å². The molecule has 0 spiro atoms. The summed E-state index contributed by atoms with van der Waals surface area (Å²) in [7, 11) is 0. The maximum absolute atomic E-state index is 15.1. The number of halogens is 2. The van der Waals surface area contributed by atoms with Gasteiger partial charge < -0.3 is 49.9 Å². The van der Waals surface area contributed by atoms with Crippen molar-refractivity contribution >= 4 is 47.3 Å². The van der Waals surface area contributed by atoms with Crippen molar-refractivity contribution in [2.75, 3.05) is 90.5 Å². The second kappa shape index (κ2) is 28.7. The first kappa shape index (κ1) is 55.1. The number of aliphatic carboxylic acids is 1. The van der Waals surface area contributed by atoms with Gasteiger partial charge in [0.05, 0.1) is 64.6 Å². The maximum atomic E-state index is 15.1. The van der Waals surface area contributed by atoms with Crippen LogP contribution in [0.1, 0.15) is 57.3 Å². The standard InChI is InChI=1S/C48H64F2N6O11S/c1-48(2,3)46(40-28-35(37-29-36(49)10-11-38(37)50)31-54(40)30-34-8-5-4-6-9-34)56(18-7-16-51)45(61)33-68-32-39(47(62)63)53-42(58)15-20-64-22-24-66-26-27-67-25-23-65-21-17-52-41(57)14-19-55-43(59)12-13-44(55)60/h4-6,8-13,28-29,31,39,46H,7,14-27,30,32-33,51H2,1-3H3,(H,52,57)(H,53,58)(H,62,63)/t39-,46+/m1/s1. The molecule has 5 amide bonds. The van der Waals surface area contributed by atoms with E-state index < -0.39 is 52.8 Å². The van der Waals surface area contributed by atoms with E-state index in [1.807, 2.05) is 55.7 Å². The van der Waals surface area contributed by atoms with Crippen molar-refractivity contribution in [3.05, 3.63) is 95.8 Å². The van der Waals surface area contributed by atoms with Crippen LogP contribution in [0.4, 0.5) is 8.78 Å². The number of carboxylic acids is 1. The molecule has 17 nitrogen and oxygen atoms in total. The molecule has 0 fully saturated rings. The molecule has 3 aromatic rings. The molecule has 0 unspecified atom stereocenters.